The monoisotopic (exact) mass is 278 g/mol. The molecule has 2 heterocycles. The van der Waals surface area contributed by atoms with Crippen molar-refractivity contribution in [1.29, 1.82) is 0 Å². The fourth-order valence-electron chi connectivity index (χ4n) is 3.02. The van der Waals surface area contributed by atoms with Gasteiger partial charge in [0.2, 0.25) is 0 Å². The van der Waals surface area contributed by atoms with Crippen molar-refractivity contribution in [3.63, 3.8) is 0 Å². The summed E-state index contributed by atoms with van der Waals surface area (Å²) in [6.45, 7) is 4.89. The van der Waals surface area contributed by atoms with E-state index in [1.54, 1.807) is 7.11 Å². The second-order valence-corrected chi connectivity index (χ2v) is 5.67. The van der Waals surface area contributed by atoms with Gasteiger partial charge >= 0.3 is 0 Å². The minimum absolute atomic E-state index is 0.0499. The topological polar surface area (TPSA) is 36.9 Å². The maximum absolute atomic E-state index is 6.15. The molecule has 2 fully saturated rings. The first-order chi connectivity index (χ1) is 9.70. The first-order valence-electron chi connectivity index (χ1n) is 7.21. The zero-order chi connectivity index (χ0) is 14.1. The number of ether oxygens (including phenoxy) is 4. The molecule has 0 radical (unpaired) electrons. The highest BCUT2D eigenvalue weighted by molar-refractivity contribution is 5.16. The van der Waals surface area contributed by atoms with Gasteiger partial charge in [-0.05, 0) is 5.92 Å². The van der Waals surface area contributed by atoms with Crippen molar-refractivity contribution in [3.8, 4) is 0 Å². The number of hydrogen-bond acceptors (Lipinski definition) is 4. The summed E-state index contributed by atoms with van der Waals surface area (Å²) in [7, 11) is 1.69. The largest absolute Gasteiger partial charge is 0.356 e. The zero-order valence-electron chi connectivity index (χ0n) is 12.2. The Morgan fingerprint density at radius 3 is 2.50 bits per heavy atom. The summed E-state index contributed by atoms with van der Waals surface area (Å²) in [6.07, 6.45) is -0.469. The summed E-state index contributed by atoms with van der Waals surface area (Å²) in [5.74, 6) is 0.671. The van der Waals surface area contributed by atoms with Gasteiger partial charge in [0.05, 0.1) is 12.7 Å². The Labute approximate surface area is 120 Å². The van der Waals surface area contributed by atoms with Crippen LogP contribution < -0.4 is 0 Å². The van der Waals surface area contributed by atoms with Crippen LogP contribution in [0.15, 0.2) is 30.3 Å². The van der Waals surface area contributed by atoms with Gasteiger partial charge in [-0.3, -0.25) is 0 Å². The van der Waals surface area contributed by atoms with Crippen LogP contribution in [0.2, 0.25) is 0 Å². The van der Waals surface area contributed by atoms with Crippen molar-refractivity contribution < 1.29 is 18.9 Å². The van der Waals surface area contributed by atoms with Crippen molar-refractivity contribution in [3.05, 3.63) is 35.9 Å². The summed E-state index contributed by atoms with van der Waals surface area (Å²) in [6, 6.07) is 10.0. The maximum atomic E-state index is 6.15. The molecule has 0 spiro atoms. The van der Waals surface area contributed by atoms with Gasteiger partial charge in [0.1, 0.15) is 6.10 Å². The number of fused-ring (bicyclic) bond motifs is 1. The molecule has 1 aromatic carbocycles. The molecule has 0 bridgehead atoms. The molecular formula is C16H22O4. The van der Waals surface area contributed by atoms with Gasteiger partial charge in [-0.1, -0.05) is 44.2 Å². The molecule has 6 atom stereocenters. The Morgan fingerprint density at radius 1 is 1.05 bits per heavy atom. The smallest absolute Gasteiger partial charge is 0.184 e. The summed E-state index contributed by atoms with van der Waals surface area (Å²) in [4.78, 5) is 0. The SMILES string of the molecule is CO[C@H]1OC2COC(c3ccccc3)O[C@H]2[C@H](C)C1C. The molecule has 2 saturated heterocycles. The lowest BCUT2D eigenvalue weighted by atomic mass is 9.84. The second-order valence-electron chi connectivity index (χ2n) is 5.67. The lowest BCUT2D eigenvalue weighted by Crippen LogP contribution is -2.55. The predicted octanol–water partition coefficient (Wildman–Crippen LogP) is 2.74. The Balaban J connectivity index is 1.74. The van der Waals surface area contributed by atoms with E-state index in [1.165, 1.54) is 0 Å². The van der Waals surface area contributed by atoms with Gasteiger partial charge in [-0.2, -0.15) is 0 Å². The molecule has 0 aliphatic carbocycles. The van der Waals surface area contributed by atoms with Gasteiger partial charge in [-0.25, -0.2) is 0 Å². The zero-order valence-corrected chi connectivity index (χ0v) is 12.2. The van der Waals surface area contributed by atoms with Crippen LogP contribution in [0.4, 0.5) is 0 Å². The summed E-state index contributed by atoms with van der Waals surface area (Å²) in [5.41, 5.74) is 1.06. The quantitative estimate of drug-likeness (QED) is 0.833. The molecule has 4 nitrogen and oxygen atoms in total. The minimum atomic E-state index is -0.296. The molecule has 0 saturated carbocycles. The molecule has 0 aromatic heterocycles. The Kier molecular flexibility index (Phi) is 4.08. The van der Waals surface area contributed by atoms with E-state index in [4.69, 9.17) is 18.9 Å². The molecule has 1 aromatic rings. The van der Waals surface area contributed by atoms with E-state index in [9.17, 15) is 0 Å². The number of benzene rings is 1. The fourth-order valence-corrected chi connectivity index (χ4v) is 3.02. The third-order valence-electron chi connectivity index (χ3n) is 4.45. The van der Waals surface area contributed by atoms with Gasteiger partial charge in [0.25, 0.3) is 0 Å². The molecule has 3 rings (SSSR count). The van der Waals surface area contributed by atoms with E-state index in [1.807, 2.05) is 30.3 Å². The van der Waals surface area contributed by atoms with Crippen molar-refractivity contribution in [1.82, 2.24) is 0 Å². The van der Waals surface area contributed by atoms with Crippen LogP contribution in [-0.2, 0) is 18.9 Å². The number of rotatable bonds is 2. The first-order valence-corrected chi connectivity index (χ1v) is 7.21. The summed E-state index contributed by atoms with van der Waals surface area (Å²) >= 11 is 0. The number of methoxy groups -OCH3 is 1. The van der Waals surface area contributed by atoms with E-state index in [2.05, 4.69) is 13.8 Å². The van der Waals surface area contributed by atoms with Crippen LogP contribution in [-0.4, -0.2) is 32.2 Å². The van der Waals surface area contributed by atoms with Gasteiger partial charge in [0.15, 0.2) is 12.6 Å². The van der Waals surface area contributed by atoms with Crippen molar-refractivity contribution in [2.45, 2.75) is 38.6 Å². The molecular weight excluding hydrogens is 256 g/mol. The highest BCUT2D eigenvalue weighted by atomic mass is 16.7. The maximum Gasteiger partial charge on any atom is 0.184 e. The molecule has 0 N–H and O–H groups in total. The Hall–Kier alpha value is -0.940. The average molecular weight is 278 g/mol. The standard InChI is InChI=1S/C16H22O4/c1-10-11(2)15(17-3)19-13-9-18-16(20-14(10)13)12-7-5-4-6-8-12/h4-8,10-11,13-16H,9H2,1-3H3/t10-,11?,13?,14+,15+,16?/m1/s1. The third kappa shape index (κ3) is 2.49. The summed E-state index contributed by atoms with van der Waals surface area (Å²) in [5, 5.41) is 0. The molecule has 4 heteroatoms. The highest BCUT2D eigenvalue weighted by Gasteiger charge is 2.46. The Bertz CT molecular complexity index is 433. The van der Waals surface area contributed by atoms with Crippen LogP contribution >= 0.6 is 0 Å². The van der Waals surface area contributed by atoms with Crippen LogP contribution in [0.5, 0.6) is 0 Å². The fraction of sp³-hybridized carbons (Fsp3) is 0.625. The van der Waals surface area contributed by atoms with E-state index in [0.29, 0.717) is 18.4 Å². The number of hydrogen-bond donors (Lipinski definition) is 0. The third-order valence-corrected chi connectivity index (χ3v) is 4.45. The second kappa shape index (κ2) is 5.82. The lowest BCUT2D eigenvalue weighted by molar-refractivity contribution is -0.339. The molecule has 110 valence electrons. The van der Waals surface area contributed by atoms with E-state index in [0.717, 1.165) is 5.56 Å². The van der Waals surface area contributed by atoms with Gasteiger partial charge < -0.3 is 18.9 Å². The van der Waals surface area contributed by atoms with Gasteiger partial charge in [-0.15, -0.1) is 0 Å². The van der Waals surface area contributed by atoms with Crippen molar-refractivity contribution in [2.24, 2.45) is 11.8 Å². The molecule has 20 heavy (non-hydrogen) atoms. The van der Waals surface area contributed by atoms with Crippen molar-refractivity contribution in [2.75, 3.05) is 13.7 Å². The molecule has 2 aliphatic rings. The average Bonchev–Trinajstić information content (AvgIpc) is 2.51. The summed E-state index contributed by atoms with van der Waals surface area (Å²) < 4.78 is 23.3. The van der Waals surface area contributed by atoms with E-state index >= 15 is 0 Å². The van der Waals surface area contributed by atoms with Crippen LogP contribution in [0.3, 0.4) is 0 Å². The van der Waals surface area contributed by atoms with Gasteiger partial charge in [0, 0.05) is 18.6 Å². The van der Waals surface area contributed by atoms with Crippen LogP contribution in [0, 0.1) is 11.8 Å². The first kappa shape index (κ1) is 14.0. The molecule has 2 aliphatic heterocycles. The Morgan fingerprint density at radius 2 is 1.80 bits per heavy atom. The molecule has 3 unspecified atom stereocenters. The minimum Gasteiger partial charge on any atom is -0.356 e. The van der Waals surface area contributed by atoms with Crippen LogP contribution in [0.25, 0.3) is 0 Å². The predicted molar refractivity (Wildman–Crippen MR) is 74.0 cm³/mol. The lowest BCUT2D eigenvalue weighted by Gasteiger charge is -2.47. The normalized spacial score (nSPS) is 41.1. The highest BCUT2D eigenvalue weighted by Crippen LogP contribution is 2.39. The van der Waals surface area contributed by atoms with E-state index in [-0.39, 0.29) is 24.8 Å². The molecule has 0 amide bonds. The van der Waals surface area contributed by atoms with E-state index < -0.39 is 0 Å². The van der Waals surface area contributed by atoms with Crippen LogP contribution in [0.1, 0.15) is 25.7 Å². The van der Waals surface area contributed by atoms with Crippen molar-refractivity contribution >= 4 is 0 Å².